The minimum atomic E-state index is -0.505. The van der Waals surface area contributed by atoms with E-state index in [2.05, 4.69) is 5.32 Å². The fourth-order valence-electron chi connectivity index (χ4n) is 1.87. The van der Waals surface area contributed by atoms with E-state index in [0.29, 0.717) is 0 Å². The highest BCUT2D eigenvalue weighted by atomic mass is 16.3. The quantitative estimate of drug-likeness (QED) is 0.817. The Kier molecular flexibility index (Phi) is 2.72. The standard InChI is InChI=1S/C13H17NO2/c1-9-4-3-5-10(2)11(9)14-12(16)13(8-15)6-7-13/h3-5,15H,6-8H2,1-2H3,(H,14,16). The number of rotatable bonds is 3. The van der Waals surface area contributed by atoms with E-state index in [9.17, 15) is 9.90 Å². The summed E-state index contributed by atoms with van der Waals surface area (Å²) >= 11 is 0. The van der Waals surface area contributed by atoms with Crippen LogP contribution in [-0.2, 0) is 4.79 Å². The van der Waals surface area contributed by atoms with E-state index in [-0.39, 0.29) is 12.5 Å². The number of amides is 1. The number of hydrogen-bond donors (Lipinski definition) is 2. The predicted molar refractivity (Wildman–Crippen MR) is 63.3 cm³/mol. The van der Waals surface area contributed by atoms with Crippen LogP contribution in [0.3, 0.4) is 0 Å². The summed E-state index contributed by atoms with van der Waals surface area (Å²) < 4.78 is 0. The lowest BCUT2D eigenvalue weighted by Crippen LogP contribution is -2.27. The normalized spacial score (nSPS) is 16.9. The first-order valence-corrected chi connectivity index (χ1v) is 5.58. The number of nitrogens with one attached hydrogen (secondary N) is 1. The summed E-state index contributed by atoms with van der Waals surface area (Å²) in [5.41, 5.74) is 2.49. The van der Waals surface area contributed by atoms with Crippen molar-refractivity contribution in [1.29, 1.82) is 0 Å². The van der Waals surface area contributed by atoms with Crippen LogP contribution in [0.15, 0.2) is 18.2 Å². The minimum absolute atomic E-state index is 0.0487. The lowest BCUT2D eigenvalue weighted by atomic mass is 10.1. The maximum atomic E-state index is 12.0. The molecule has 1 fully saturated rings. The molecule has 0 bridgehead atoms. The monoisotopic (exact) mass is 219 g/mol. The van der Waals surface area contributed by atoms with Crippen LogP contribution in [0.1, 0.15) is 24.0 Å². The topological polar surface area (TPSA) is 49.3 Å². The molecule has 0 atom stereocenters. The van der Waals surface area contributed by atoms with Gasteiger partial charge in [-0.15, -0.1) is 0 Å². The fraction of sp³-hybridized carbons (Fsp3) is 0.462. The molecule has 0 spiro atoms. The van der Waals surface area contributed by atoms with Crippen LogP contribution in [0.5, 0.6) is 0 Å². The largest absolute Gasteiger partial charge is 0.395 e. The maximum absolute atomic E-state index is 12.0. The first-order valence-electron chi connectivity index (χ1n) is 5.58. The SMILES string of the molecule is Cc1cccc(C)c1NC(=O)C1(CO)CC1. The smallest absolute Gasteiger partial charge is 0.232 e. The molecule has 0 saturated heterocycles. The molecule has 1 amide bonds. The van der Waals surface area contributed by atoms with Gasteiger partial charge in [0.05, 0.1) is 12.0 Å². The highest BCUT2D eigenvalue weighted by Crippen LogP contribution is 2.46. The Bertz CT molecular complexity index is 402. The average molecular weight is 219 g/mol. The second-order valence-corrected chi connectivity index (χ2v) is 4.66. The summed E-state index contributed by atoms with van der Waals surface area (Å²) in [7, 11) is 0. The highest BCUT2D eigenvalue weighted by Gasteiger charge is 2.49. The Balaban J connectivity index is 2.18. The molecule has 86 valence electrons. The van der Waals surface area contributed by atoms with Crippen molar-refractivity contribution in [3.63, 3.8) is 0 Å². The number of para-hydroxylation sites is 1. The van der Waals surface area contributed by atoms with E-state index in [1.165, 1.54) is 0 Å². The van der Waals surface area contributed by atoms with Gasteiger partial charge >= 0.3 is 0 Å². The van der Waals surface area contributed by atoms with Crippen molar-refractivity contribution in [2.75, 3.05) is 11.9 Å². The highest BCUT2D eigenvalue weighted by molar-refractivity contribution is 5.98. The second-order valence-electron chi connectivity index (χ2n) is 4.66. The van der Waals surface area contributed by atoms with Gasteiger partial charge in [0.25, 0.3) is 0 Å². The van der Waals surface area contributed by atoms with E-state index in [1.54, 1.807) is 0 Å². The van der Waals surface area contributed by atoms with Crippen molar-refractivity contribution in [3.05, 3.63) is 29.3 Å². The third kappa shape index (κ3) is 1.83. The molecule has 0 heterocycles. The minimum Gasteiger partial charge on any atom is -0.395 e. The van der Waals surface area contributed by atoms with E-state index >= 15 is 0 Å². The van der Waals surface area contributed by atoms with Crippen molar-refractivity contribution in [1.82, 2.24) is 0 Å². The molecule has 2 N–H and O–H groups in total. The summed E-state index contributed by atoms with van der Waals surface area (Å²) in [6.45, 7) is 3.89. The molecule has 2 rings (SSSR count). The average Bonchev–Trinajstić information content (AvgIpc) is 3.04. The molecule has 0 unspecified atom stereocenters. The zero-order valence-corrected chi connectivity index (χ0v) is 9.71. The Hall–Kier alpha value is -1.35. The molecule has 0 radical (unpaired) electrons. The second kappa shape index (κ2) is 3.91. The van der Waals surface area contributed by atoms with Crippen LogP contribution in [-0.4, -0.2) is 17.6 Å². The number of carbonyl (C=O) groups is 1. The molecule has 0 aliphatic heterocycles. The number of aliphatic hydroxyl groups is 1. The van der Waals surface area contributed by atoms with E-state index in [4.69, 9.17) is 0 Å². The molecule has 1 aromatic carbocycles. The Morgan fingerprint density at radius 2 is 1.94 bits per heavy atom. The van der Waals surface area contributed by atoms with E-state index < -0.39 is 5.41 Å². The zero-order valence-electron chi connectivity index (χ0n) is 9.71. The number of aryl methyl sites for hydroxylation is 2. The Labute approximate surface area is 95.5 Å². The van der Waals surface area contributed by atoms with Gasteiger partial charge in [0.1, 0.15) is 0 Å². The third-order valence-electron chi connectivity index (χ3n) is 3.36. The van der Waals surface area contributed by atoms with Crippen molar-refractivity contribution >= 4 is 11.6 Å². The zero-order chi connectivity index (χ0) is 11.8. The first kappa shape index (κ1) is 11.1. The molecule has 1 aliphatic carbocycles. The summed E-state index contributed by atoms with van der Waals surface area (Å²) in [5, 5.41) is 12.1. The van der Waals surface area contributed by atoms with E-state index in [0.717, 1.165) is 29.7 Å². The van der Waals surface area contributed by atoms with Crippen LogP contribution < -0.4 is 5.32 Å². The van der Waals surface area contributed by atoms with Gasteiger partial charge in [-0.1, -0.05) is 18.2 Å². The predicted octanol–water partition coefficient (Wildman–Crippen LogP) is 2.01. The van der Waals surface area contributed by atoms with Crippen LogP contribution in [0.4, 0.5) is 5.69 Å². The first-order chi connectivity index (χ1) is 7.59. The lowest BCUT2D eigenvalue weighted by molar-refractivity contribution is -0.122. The molecule has 1 aliphatic rings. The van der Waals surface area contributed by atoms with Crippen LogP contribution in [0, 0.1) is 19.3 Å². The summed E-state index contributed by atoms with van der Waals surface area (Å²) in [6, 6.07) is 5.92. The van der Waals surface area contributed by atoms with Gasteiger partial charge in [0.15, 0.2) is 0 Å². The molecular formula is C13H17NO2. The van der Waals surface area contributed by atoms with Crippen molar-refractivity contribution in [3.8, 4) is 0 Å². The number of carbonyl (C=O) groups excluding carboxylic acids is 1. The fourth-order valence-corrected chi connectivity index (χ4v) is 1.87. The van der Waals surface area contributed by atoms with Crippen LogP contribution in [0.25, 0.3) is 0 Å². The number of aliphatic hydroxyl groups excluding tert-OH is 1. The van der Waals surface area contributed by atoms with Gasteiger partial charge in [0.2, 0.25) is 5.91 Å². The molecule has 0 aromatic heterocycles. The third-order valence-corrected chi connectivity index (χ3v) is 3.36. The Morgan fingerprint density at radius 1 is 1.38 bits per heavy atom. The van der Waals surface area contributed by atoms with Gasteiger partial charge in [-0.3, -0.25) is 4.79 Å². The van der Waals surface area contributed by atoms with Crippen molar-refractivity contribution in [2.24, 2.45) is 5.41 Å². The molecule has 1 aromatic rings. The van der Waals surface area contributed by atoms with Crippen LogP contribution >= 0.6 is 0 Å². The van der Waals surface area contributed by atoms with Gasteiger partial charge in [0, 0.05) is 5.69 Å². The van der Waals surface area contributed by atoms with Crippen molar-refractivity contribution in [2.45, 2.75) is 26.7 Å². The molecule has 16 heavy (non-hydrogen) atoms. The Morgan fingerprint density at radius 3 is 2.38 bits per heavy atom. The molecule has 3 nitrogen and oxygen atoms in total. The van der Waals surface area contributed by atoms with Crippen molar-refractivity contribution < 1.29 is 9.90 Å². The number of hydrogen-bond acceptors (Lipinski definition) is 2. The number of anilines is 1. The van der Waals surface area contributed by atoms with Gasteiger partial charge < -0.3 is 10.4 Å². The summed E-state index contributed by atoms with van der Waals surface area (Å²) in [6.07, 6.45) is 1.58. The number of benzene rings is 1. The molecule has 1 saturated carbocycles. The summed E-state index contributed by atoms with van der Waals surface area (Å²) in [4.78, 5) is 12.0. The molecule has 3 heteroatoms. The van der Waals surface area contributed by atoms with Gasteiger partial charge in [-0.05, 0) is 37.8 Å². The van der Waals surface area contributed by atoms with Crippen LogP contribution in [0.2, 0.25) is 0 Å². The summed E-state index contributed by atoms with van der Waals surface area (Å²) in [5.74, 6) is -0.0487. The van der Waals surface area contributed by atoms with Gasteiger partial charge in [-0.25, -0.2) is 0 Å². The maximum Gasteiger partial charge on any atom is 0.232 e. The van der Waals surface area contributed by atoms with E-state index in [1.807, 2.05) is 32.0 Å². The van der Waals surface area contributed by atoms with Gasteiger partial charge in [-0.2, -0.15) is 0 Å². The molecular weight excluding hydrogens is 202 g/mol. The lowest BCUT2D eigenvalue weighted by Gasteiger charge is -2.15.